The van der Waals surface area contributed by atoms with Gasteiger partial charge < -0.3 is 15.5 Å². The monoisotopic (exact) mass is 511 g/mol. The molecular weight excluding hydrogens is 490 g/mol. The van der Waals surface area contributed by atoms with E-state index in [-0.39, 0.29) is 23.7 Å². The highest BCUT2D eigenvalue weighted by Gasteiger charge is 2.15. The summed E-state index contributed by atoms with van der Waals surface area (Å²) in [6.45, 7) is 1.60. The first-order valence-electron chi connectivity index (χ1n) is 11.4. The Hall–Kier alpha value is -5.52. The molecule has 38 heavy (non-hydrogen) atoms. The van der Waals surface area contributed by atoms with Crippen LogP contribution in [0, 0.1) is 6.92 Å². The summed E-state index contributed by atoms with van der Waals surface area (Å²) in [4.78, 5) is 42.0. The van der Waals surface area contributed by atoms with Gasteiger partial charge in [-0.15, -0.1) is 5.11 Å². The van der Waals surface area contributed by atoms with Crippen LogP contribution in [0.2, 0.25) is 0 Å². The zero-order valence-electron chi connectivity index (χ0n) is 20.0. The molecule has 0 amide bonds. The van der Waals surface area contributed by atoms with E-state index < -0.39 is 22.8 Å². The predicted octanol–water partition coefficient (Wildman–Crippen LogP) is 3.88. The number of hydrogen-bond donors (Lipinski definition) is 4. The van der Waals surface area contributed by atoms with E-state index in [1.807, 2.05) is 18.2 Å². The molecule has 0 fully saturated rings. The van der Waals surface area contributed by atoms with Gasteiger partial charge in [0.25, 0.3) is 11.1 Å². The number of anilines is 1. The highest BCUT2D eigenvalue weighted by atomic mass is 16.4. The normalized spacial score (nSPS) is 11.3. The number of carboxylic acids is 1. The quantitative estimate of drug-likeness (QED) is 0.241. The number of rotatable bonds is 7. The van der Waals surface area contributed by atoms with Gasteiger partial charge in [0.15, 0.2) is 11.5 Å². The summed E-state index contributed by atoms with van der Waals surface area (Å²) < 4.78 is 2.30. The third kappa shape index (κ3) is 4.53. The van der Waals surface area contributed by atoms with Crippen LogP contribution in [-0.2, 0) is 6.67 Å². The summed E-state index contributed by atoms with van der Waals surface area (Å²) in [5.74, 6) is -1.38. The number of benzene rings is 3. The average Bonchev–Trinajstić information content (AvgIpc) is 3.19. The number of para-hydroxylation sites is 1. The second-order valence-electron chi connectivity index (χ2n) is 8.32. The van der Waals surface area contributed by atoms with Crippen LogP contribution >= 0.6 is 0 Å². The van der Waals surface area contributed by atoms with Crippen molar-refractivity contribution in [3.05, 3.63) is 105 Å². The maximum Gasteiger partial charge on any atom is 0.339 e. The van der Waals surface area contributed by atoms with E-state index in [9.17, 15) is 19.5 Å². The summed E-state index contributed by atoms with van der Waals surface area (Å²) in [5.41, 5.74) is 0.791. The fourth-order valence-electron chi connectivity index (χ4n) is 3.89. The lowest BCUT2D eigenvalue weighted by Gasteiger charge is -2.08. The molecule has 12 nitrogen and oxygen atoms in total. The number of carbonyl (C=O) groups is 1. The van der Waals surface area contributed by atoms with E-state index in [1.54, 1.807) is 43.3 Å². The first kappa shape index (κ1) is 24.2. The molecule has 2 aromatic heterocycles. The standard InChI is InChI=1S/C26H21N7O5/c1-15-22(25(36)32(30-15)14-27-17-11-12-19(26(37)38)21(34)13-17)29-31-33-23(16-7-3-2-4-8-16)28-20-10-6-5-9-18(20)24(33)35/h2-13,27,30,34H,14H2,1H3,(H,37,38). The molecule has 0 atom stereocenters. The maximum atomic E-state index is 13.3. The molecule has 0 aliphatic rings. The molecule has 0 unspecified atom stereocenters. The van der Waals surface area contributed by atoms with Crippen LogP contribution < -0.4 is 16.4 Å². The van der Waals surface area contributed by atoms with Crippen LogP contribution in [0.25, 0.3) is 22.3 Å². The minimum Gasteiger partial charge on any atom is -0.507 e. The number of nitrogens with zero attached hydrogens (tertiary/aromatic N) is 5. The van der Waals surface area contributed by atoms with Crippen molar-refractivity contribution in [1.29, 1.82) is 0 Å². The summed E-state index contributed by atoms with van der Waals surface area (Å²) >= 11 is 0. The van der Waals surface area contributed by atoms with Gasteiger partial charge in [0, 0.05) is 17.3 Å². The number of H-pyrrole nitrogens is 1. The van der Waals surface area contributed by atoms with Crippen LogP contribution in [0.15, 0.2) is 92.7 Å². The first-order valence-corrected chi connectivity index (χ1v) is 11.4. The third-order valence-corrected chi connectivity index (χ3v) is 5.79. The number of aromatic amines is 1. The number of nitrogens with one attached hydrogen (secondary N) is 2. The zero-order valence-corrected chi connectivity index (χ0v) is 20.0. The fraction of sp³-hybridized carbons (Fsp3) is 0.0769. The SMILES string of the molecule is Cc1[nH]n(CNc2ccc(C(=O)O)c(O)c2)c(=O)c1N=Nn1c(-c2ccccc2)nc2ccccc2c1=O. The van der Waals surface area contributed by atoms with E-state index >= 15 is 0 Å². The Morgan fingerprint density at radius 1 is 1.03 bits per heavy atom. The van der Waals surface area contributed by atoms with Gasteiger partial charge in [-0.25, -0.2) is 14.5 Å². The van der Waals surface area contributed by atoms with E-state index in [4.69, 9.17) is 5.11 Å². The molecule has 0 aliphatic heterocycles. The number of aryl methyl sites for hydroxylation is 1. The van der Waals surface area contributed by atoms with Crippen LogP contribution in [0.4, 0.5) is 11.4 Å². The zero-order chi connectivity index (χ0) is 26.8. The Bertz CT molecular complexity index is 1820. The second-order valence-corrected chi connectivity index (χ2v) is 8.32. The molecule has 0 saturated heterocycles. The molecule has 0 radical (unpaired) electrons. The van der Waals surface area contributed by atoms with Gasteiger partial charge >= 0.3 is 5.97 Å². The maximum absolute atomic E-state index is 13.3. The number of aromatic carboxylic acids is 1. The van der Waals surface area contributed by atoms with Crippen LogP contribution in [0.5, 0.6) is 5.75 Å². The predicted molar refractivity (Wildman–Crippen MR) is 140 cm³/mol. The molecule has 190 valence electrons. The van der Waals surface area contributed by atoms with Crippen molar-refractivity contribution in [2.75, 3.05) is 5.32 Å². The summed E-state index contributed by atoms with van der Waals surface area (Å²) in [5, 5.41) is 33.3. The summed E-state index contributed by atoms with van der Waals surface area (Å²) in [6.07, 6.45) is 0. The van der Waals surface area contributed by atoms with Crippen LogP contribution in [0.1, 0.15) is 16.1 Å². The molecule has 0 aliphatic carbocycles. The van der Waals surface area contributed by atoms with Gasteiger partial charge in [-0.3, -0.25) is 14.7 Å². The summed E-state index contributed by atoms with van der Waals surface area (Å²) in [7, 11) is 0. The molecular formula is C26H21N7O5. The molecule has 0 bridgehead atoms. The van der Waals surface area contributed by atoms with Gasteiger partial charge in [-0.1, -0.05) is 47.7 Å². The Morgan fingerprint density at radius 2 is 1.76 bits per heavy atom. The van der Waals surface area contributed by atoms with Crippen molar-refractivity contribution in [2.45, 2.75) is 13.6 Å². The van der Waals surface area contributed by atoms with Crippen molar-refractivity contribution in [3.63, 3.8) is 0 Å². The van der Waals surface area contributed by atoms with Crippen molar-refractivity contribution < 1.29 is 15.0 Å². The Balaban J connectivity index is 1.48. The third-order valence-electron chi connectivity index (χ3n) is 5.79. The van der Waals surface area contributed by atoms with E-state index in [2.05, 4.69) is 25.7 Å². The molecule has 0 spiro atoms. The van der Waals surface area contributed by atoms with Gasteiger partial charge in [0.1, 0.15) is 18.0 Å². The van der Waals surface area contributed by atoms with Crippen molar-refractivity contribution in [1.82, 2.24) is 19.4 Å². The Morgan fingerprint density at radius 3 is 2.50 bits per heavy atom. The minimum atomic E-state index is -1.25. The first-order chi connectivity index (χ1) is 18.3. The highest BCUT2D eigenvalue weighted by molar-refractivity contribution is 5.91. The lowest BCUT2D eigenvalue weighted by atomic mass is 10.2. The van der Waals surface area contributed by atoms with Crippen molar-refractivity contribution in [3.8, 4) is 17.1 Å². The van der Waals surface area contributed by atoms with Gasteiger partial charge in [0.05, 0.1) is 16.6 Å². The number of carboxylic acid groups (broad SMARTS) is 1. The van der Waals surface area contributed by atoms with Gasteiger partial charge in [-0.05, 0) is 31.2 Å². The lowest BCUT2D eigenvalue weighted by molar-refractivity contribution is 0.0693. The van der Waals surface area contributed by atoms with E-state index in [0.29, 0.717) is 27.8 Å². The number of fused-ring (bicyclic) bond motifs is 1. The minimum absolute atomic E-state index is 0.00468. The molecule has 2 heterocycles. The lowest BCUT2D eigenvalue weighted by Crippen LogP contribution is -2.21. The highest BCUT2D eigenvalue weighted by Crippen LogP contribution is 2.23. The molecule has 0 saturated carbocycles. The number of phenols is 1. The molecule has 4 N–H and O–H groups in total. The Kier molecular flexibility index (Phi) is 6.27. The van der Waals surface area contributed by atoms with Crippen molar-refractivity contribution >= 4 is 28.2 Å². The topological polar surface area (TPSA) is 167 Å². The van der Waals surface area contributed by atoms with E-state index in [1.165, 1.54) is 22.9 Å². The van der Waals surface area contributed by atoms with Crippen LogP contribution in [0.3, 0.4) is 0 Å². The second kappa shape index (κ2) is 9.85. The van der Waals surface area contributed by atoms with E-state index in [0.717, 1.165) is 4.68 Å². The average molecular weight is 511 g/mol. The van der Waals surface area contributed by atoms with Crippen molar-refractivity contribution in [2.24, 2.45) is 10.3 Å². The van der Waals surface area contributed by atoms with Gasteiger partial charge in [0.2, 0.25) is 0 Å². The number of hydrogen-bond acceptors (Lipinski definition) is 8. The summed E-state index contributed by atoms with van der Waals surface area (Å²) in [6, 6.07) is 19.9. The number of aromatic hydroxyl groups is 1. The largest absolute Gasteiger partial charge is 0.507 e. The van der Waals surface area contributed by atoms with Crippen LogP contribution in [-0.4, -0.2) is 35.6 Å². The number of aromatic nitrogens is 4. The van der Waals surface area contributed by atoms with Gasteiger partial charge in [-0.2, -0.15) is 4.68 Å². The molecule has 3 aromatic carbocycles. The fourth-order valence-corrected chi connectivity index (χ4v) is 3.89. The molecule has 5 rings (SSSR count). The molecule has 12 heteroatoms. The molecule has 5 aromatic rings. The smallest absolute Gasteiger partial charge is 0.339 e. The Labute approximate surface area is 214 Å².